The summed E-state index contributed by atoms with van der Waals surface area (Å²) in [6.07, 6.45) is 4.14. The lowest BCUT2D eigenvalue weighted by Gasteiger charge is -2.18. The van der Waals surface area contributed by atoms with Crippen molar-refractivity contribution in [1.82, 2.24) is 0 Å². The fourth-order valence-corrected chi connectivity index (χ4v) is 4.08. The number of hydrogen-bond donors (Lipinski definition) is 1. The molecule has 0 saturated carbocycles. The van der Waals surface area contributed by atoms with E-state index in [1.807, 2.05) is 6.92 Å². The van der Waals surface area contributed by atoms with Gasteiger partial charge >= 0.3 is 12.1 Å². The molecular weight excluding hydrogens is 314 g/mol. The number of fused-ring (bicyclic) bond motifs is 1. The zero-order chi connectivity index (χ0) is 16.8. The summed E-state index contributed by atoms with van der Waals surface area (Å²) in [5.74, 6) is 0.240. The fourth-order valence-electron chi connectivity index (χ4n) is 2.70. The minimum atomic E-state index is -0.504. The highest BCUT2D eigenvalue weighted by molar-refractivity contribution is 7.17. The van der Waals surface area contributed by atoms with E-state index >= 15 is 0 Å². The molecule has 2 rings (SSSR count). The molecule has 1 atom stereocenters. The zero-order valence-electron chi connectivity index (χ0n) is 14.1. The van der Waals surface area contributed by atoms with E-state index in [1.165, 1.54) is 16.2 Å². The van der Waals surface area contributed by atoms with Gasteiger partial charge in [-0.05, 0) is 44.1 Å². The average molecular weight is 339 g/mol. The molecule has 0 spiro atoms. The molecule has 1 N–H and O–H groups in total. The number of hydrogen-bond acceptors (Lipinski definition) is 5. The van der Waals surface area contributed by atoms with Crippen molar-refractivity contribution in [3.63, 3.8) is 0 Å². The van der Waals surface area contributed by atoms with Gasteiger partial charge in [-0.3, -0.25) is 5.32 Å². The molecule has 0 radical (unpaired) electrons. The normalized spacial score (nSPS) is 16.6. The summed E-state index contributed by atoms with van der Waals surface area (Å²) in [7, 11) is 0. The van der Waals surface area contributed by atoms with E-state index in [2.05, 4.69) is 12.2 Å². The highest BCUT2D eigenvalue weighted by Crippen LogP contribution is 2.40. The second kappa shape index (κ2) is 8.34. The standard InChI is InChI=1S/C17H25NO4S/c1-4-6-9-22-17(20)18-15-14(16(19)21-5-2)12-8-7-11(3)10-13(12)23-15/h11H,4-10H2,1-3H3,(H,18,20)/t11-/m1/s1. The number of amides is 1. The van der Waals surface area contributed by atoms with Crippen LogP contribution in [0.15, 0.2) is 0 Å². The molecule has 1 aromatic rings. The monoisotopic (exact) mass is 339 g/mol. The summed E-state index contributed by atoms with van der Waals surface area (Å²) in [6.45, 7) is 6.73. The summed E-state index contributed by atoms with van der Waals surface area (Å²) in [4.78, 5) is 25.4. The van der Waals surface area contributed by atoms with Gasteiger partial charge in [-0.2, -0.15) is 0 Å². The summed E-state index contributed by atoms with van der Waals surface area (Å²) < 4.78 is 10.3. The second-order valence-electron chi connectivity index (χ2n) is 5.89. The summed E-state index contributed by atoms with van der Waals surface area (Å²) >= 11 is 1.47. The smallest absolute Gasteiger partial charge is 0.412 e. The van der Waals surface area contributed by atoms with Crippen LogP contribution in [0, 0.1) is 5.92 Å². The maximum atomic E-state index is 12.3. The van der Waals surface area contributed by atoms with Crippen molar-refractivity contribution in [1.29, 1.82) is 0 Å². The van der Waals surface area contributed by atoms with Crippen LogP contribution < -0.4 is 5.32 Å². The van der Waals surface area contributed by atoms with Crippen molar-refractivity contribution in [3.8, 4) is 0 Å². The van der Waals surface area contributed by atoms with Gasteiger partial charge in [0.15, 0.2) is 0 Å². The molecule has 0 bridgehead atoms. The van der Waals surface area contributed by atoms with Crippen molar-refractivity contribution in [3.05, 3.63) is 16.0 Å². The molecule has 0 saturated heterocycles. The Morgan fingerprint density at radius 2 is 2.09 bits per heavy atom. The highest BCUT2D eigenvalue weighted by Gasteiger charge is 2.29. The van der Waals surface area contributed by atoms with Crippen LogP contribution >= 0.6 is 11.3 Å². The second-order valence-corrected chi connectivity index (χ2v) is 7.00. The summed E-state index contributed by atoms with van der Waals surface area (Å²) in [5, 5.41) is 3.30. The van der Waals surface area contributed by atoms with Crippen molar-refractivity contribution in [2.75, 3.05) is 18.5 Å². The van der Waals surface area contributed by atoms with Crippen LogP contribution in [0.25, 0.3) is 0 Å². The SMILES string of the molecule is CCCCOC(=O)Nc1sc2c(c1C(=O)OCC)CC[C@@H](C)C2. The van der Waals surface area contributed by atoms with Crippen LogP contribution in [0.5, 0.6) is 0 Å². The number of unbranched alkanes of at least 4 members (excludes halogenated alkanes) is 1. The van der Waals surface area contributed by atoms with E-state index in [0.717, 1.165) is 37.7 Å². The predicted octanol–water partition coefficient (Wildman–Crippen LogP) is 4.40. The van der Waals surface area contributed by atoms with Crippen molar-refractivity contribution in [2.45, 2.75) is 52.9 Å². The van der Waals surface area contributed by atoms with Crippen molar-refractivity contribution >= 4 is 28.4 Å². The summed E-state index contributed by atoms with van der Waals surface area (Å²) in [6, 6.07) is 0. The van der Waals surface area contributed by atoms with Gasteiger partial charge in [0.05, 0.1) is 18.8 Å². The molecule has 1 aliphatic rings. The highest BCUT2D eigenvalue weighted by atomic mass is 32.1. The number of esters is 1. The minimum absolute atomic E-state index is 0.320. The fraction of sp³-hybridized carbons (Fsp3) is 0.647. The first-order chi connectivity index (χ1) is 11.1. The van der Waals surface area contributed by atoms with E-state index in [4.69, 9.17) is 9.47 Å². The molecule has 1 aliphatic carbocycles. The van der Waals surface area contributed by atoms with Gasteiger partial charge in [-0.1, -0.05) is 20.3 Å². The van der Waals surface area contributed by atoms with Gasteiger partial charge in [0.2, 0.25) is 0 Å². The number of rotatable bonds is 6. The number of nitrogens with one attached hydrogen (secondary N) is 1. The largest absolute Gasteiger partial charge is 0.462 e. The Morgan fingerprint density at radius 3 is 2.78 bits per heavy atom. The predicted molar refractivity (Wildman–Crippen MR) is 91.3 cm³/mol. The number of thiophene rings is 1. The molecule has 5 nitrogen and oxygen atoms in total. The number of anilines is 1. The van der Waals surface area contributed by atoms with Crippen LogP contribution in [-0.2, 0) is 22.3 Å². The van der Waals surface area contributed by atoms with Crippen LogP contribution in [-0.4, -0.2) is 25.3 Å². The molecule has 1 amide bonds. The molecule has 0 aliphatic heterocycles. The molecular formula is C17H25NO4S. The van der Waals surface area contributed by atoms with Gasteiger partial charge in [0.1, 0.15) is 5.00 Å². The maximum Gasteiger partial charge on any atom is 0.412 e. The molecule has 128 valence electrons. The Kier molecular flexibility index (Phi) is 6.45. The lowest BCUT2D eigenvalue weighted by atomic mass is 9.88. The average Bonchev–Trinajstić information content (AvgIpc) is 2.84. The Hall–Kier alpha value is -1.56. The van der Waals surface area contributed by atoms with Gasteiger partial charge < -0.3 is 9.47 Å². The maximum absolute atomic E-state index is 12.3. The van der Waals surface area contributed by atoms with E-state index < -0.39 is 6.09 Å². The molecule has 0 aromatic carbocycles. The Bertz CT molecular complexity index is 567. The lowest BCUT2D eigenvalue weighted by molar-refractivity contribution is 0.0526. The third kappa shape index (κ3) is 4.47. The van der Waals surface area contributed by atoms with Crippen LogP contribution in [0.3, 0.4) is 0 Å². The Morgan fingerprint density at radius 1 is 1.30 bits per heavy atom. The van der Waals surface area contributed by atoms with Crippen molar-refractivity contribution in [2.24, 2.45) is 5.92 Å². The van der Waals surface area contributed by atoms with Crippen LogP contribution in [0.4, 0.5) is 9.80 Å². The number of carbonyl (C=O) groups excluding carboxylic acids is 2. The Balaban J connectivity index is 2.20. The molecule has 0 unspecified atom stereocenters. The molecule has 23 heavy (non-hydrogen) atoms. The van der Waals surface area contributed by atoms with E-state index in [-0.39, 0.29) is 5.97 Å². The molecule has 1 heterocycles. The van der Waals surface area contributed by atoms with E-state index in [9.17, 15) is 9.59 Å². The first-order valence-corrected chi connectivity index (χ1v) is 9.13. The Labute approximate surface area is 141 Å². The van der Waals surface area contributed by atoms with Gasteiger partial charge in [0.25, 0.3) is 0 Å². The lowest BCUT2D eigenvalue weighted by Crippen LogP contribution is -2.17. The van der Waals surface area contributed by atoms with E-state index in [0.29, 0.717) is 29.7 Å². The molecule has 0 fully saturated rings. The first kappa shape index (κ1) is 17.8. The van der Waals surface area contributed by atoms with Gasteiger partial charge in [0, 0.05) is 4.88 Å². The molecule has 1 aromatic heterocycles. The zero-order valence-corrected chi connectivity index (χ0v) is 14.9. The van der Waals surface area contributed by atoms with Gasteiger partial charge in [-0.25, -0.2) is 9.59 Å². The van der Waals surface area contributed by atoms with Crippen LogP contribution in [0.1, 0.15) is 60.8 Å². The third-order valence-electron chi connectivity index (χ3n) is 3.94. The number of ether oxygens (including phenoxy) is 2. The van der Waals surface area contributed by atoms with Crippen LogP contribution in [0.2, 0.25) is 0 Å². The topological polar surface area (TPSA) is 64.6 Å². The molecule has 6 heteroatoms. The quantitative estimate of drug-likeness (QED) is 0.616. The minimum Gasteiger partial charge on any atom is -0.462 e. The third-order valence-corrected chi connectivity index (χ3v) is 5.11. The number of carbonyl (C=O) groups is 2. The van der Waals surface area contributed by atoms with Crippen molar-refractivity contribution < 1.29 is 19.1 Å². The van der Waals surface area contributed by atoms with Gasteiger partial charge in [-0.15, -0.1) is 11.3 Å². The first-order valence-electron chi connectivity index (χ1n) is 8.32. The summed E-state index contributed by atoms with van der Waals surface area (Å²) in [5.41, 5.74) is 1.56. The van der Waals surface area contributed by atoms with E-state index in [1.54, 1.807) is 6.92 Å².